The summed E-state index contributed by atoms with van der Waals surface area (Å²) in [5.74, 6) is 0.865. The second-order valence-electron chi connectivity index (χ2n) is 4.98. The number of nitrogens with one attached hydrogen (secondary N) is 1. The Bertz CT molecular complexity index is 414. The summed E-state index contributed by atoms with van der Waals surface area (Å²) in [6.07, 6.45) is 2.03. The molecule has 0 fully saturated rings. The maximum absolute atomic E-state index is 9.73. The number of hydrogen-bond acceptors (Lipinski definition) is 4. The Hall–Kier alpha value is -0.520. The maximum atomic E-state index is 9.73. The molecule has 2 rings (SSSR count). The lowest BCUT2D eigenvalue weighted by molar-refractivity contribution is 0.0204. The van der Waals surface area contributed by atoms with Crippen LogP contribution in [0.4, 0.5) is 0 Å². The van der Waals surface area contributed by atoms with E-state index < -0.39 is 12.3 Å². The van der Waals surface area contributed by atoms with E-state index >= 15 is 0 Å². The van der Waals surface area contributed by atoms with Crippen molar-refractivity contribution in [2.75, 3.05) is 0 Å². The van der Waals surface area contributed by atoms with E-state index in [4.69, 9.17) is 10.5 Å². The fraction of sp³-hybridized carbons (Fsp3) is 0.571. The Morgan fingerprint density at radius 3 is 2.55 bits per heavy atom. The van der Waals surface area contributed by atoms with Gasteiger partial charge in [-0.3, -0.25) is 5.32 Å². The first-order valence-electron chi connectivity index (χ1n) is 6.55. The molecule has 20 heavy (non-hydrogen) atoms. The Morgan fingerprint density at radius 2 is 1.95 bits per heavy atom. The average molecular weight is 323 g/mol. The van der Waals surface area contributed by atoms with E-state index in [2.05, 4.69) is 11.4 Å². The van der Waals surface area contributed by atoms with Crippen molar-refractivity contribution in [2.45, 2.75) is 51.6 Å². The lowest BCUT2D eigenvalue weighted by atomic mass is 10.1. The molecule has 0 heterocycles. The summed E-state index contributed by atoms with van der Waals surface area (Å²) in [6.45, 7) is 3.53. The van der Waals surface area contributed by atoms with Crippen LogP contribution in [0.3, 0.4) is 0 Å². The number of halogens is 2. The molecule has 0 radical (unpaired) electrons. The highest BCUT2D eigenvalue weighted by Crippen LogP contribution is 2.31. The van der Waals surface area contributed by atoms with Crippen LogP contribution in [0.1, 0.15) is 31.4 Å². The van der Waals surface area contributed by atoms with E-state index in [-0.39, 0.29) is 31.0 Å². The molecule has 1 aliphatic rings. The topological polar surface area (TPSA) is 67.5 Å². The first-order chi connectivity index (χ1) is 8.58. The number of rotatable bonds is 5. The standard InChI is InChI=1S/C14H22N2O2.2ClH/c1-9(17)14(16-10(2)15)18-13-8-4-6-11-5-3-7-12(11)13;;/h4,6,8-10,14,16-17H,3,5,7,15H2,1-2H3;2*1H. The van der Waals surface area contributed by atoms with Crippen LogP contribution in [0, 0.1) is 0 Å². The zero-order valence-electron chi connectivity index (χ0n) is 11.8. The van der Waals surface area contributed by atoms with Gasteiger partial charge in [0.2, 0.25) is 0 Å². The molecule has 1 aliphatic carbocycles. The first-order valence-corrected chi connectivity index (χ1v) is 6.55. The van der Waals surface area contributed by atoms with Gasteiger partial charge in [0.05, 0.1) is 6.17 Å². The van der Waals surface area contributed by atoms with Crippen LogP contribution in [0.25, 0.3) is 0 Å². The molecule has 0 amide bonds. The summed E-state index contributed by atoms with van der Waals surface area (Å²) in [5.41, 5.74) is 8.33. The number of ether oxygens (including phenoxy) is 1. The van der Waals surface area contributed by atoms with E-state index in [0.29, 0.717) is 0 Å². The normalized spacial score (nSPS) is 17.2. The third kappa shape index (κ3) is 4.79. The second kappa shape index (κ2) is 8.70. The molecule has 4 nitrogen and oxygen atoms in total. The van der Waals surface area contributed by atoms with Crippen LogP contribution in [-0.4, -0.2) is 23.6 Å². The summed E-state index contributed by atoms with van der Waals surface area (Å²) in [7, 11) is 0. The van der Waals surface area contributed by atoms with Crippen LogP contribution >= 0.6 is 24.8 Å². The fourth-order valence-corrected chi connectivity index (χ4v) is 2.36. The highest BCUT2D eigenvalue weighted by atomic mass is 35.5. The van der Waals surface area contributed by atoms with Gasteiger partial charge in [0.1, 0.15) is 11.9 Å². The minimum atomic E-state index is -0.617. The predicted octanol–water partition coefficient (Wildman–Crippen LogP) is 2.00. The minimum Gasteiger partial charge on any atom is -0.472 e. The van der Waals surface area contributed by atoms with E-state index in [0.717, 1.165) is 18.6 Å². The first kappa shape index (κ1) is 19.5. The minimum absolute atomic E-state index is 0. The predicted molar refractivity (Wildman–Crippen MR) is 85.8 cm³/mol. The van der Waals surface area contributed by atoms with E-state index in [9.17, 15) is 5.11 Å². The van der Waals surface area contributed by atoms with Crippen LogP contribution in [0.15, 0.2) is 18.2 Å². The lowest BCUT2D eigenvalue weighted by Crippen LogP contribution is -2.50. The Kier molecular flexibility index (Phi) is 8.47. The largest absolute Gasteiger partial charge is 0.472 e. The summed E-state index contributed by atoms with van der Waals surface area (Å²) >= 11 is 0. The van der Waals surface area contributed by atoms with Gasteiger partial charge in [-0.25, -0.2) is 0 Å². The quantitative estimate of drug-likeness (QED) is 0.725. The van der Waals surface area contributed by atoms with Crippen molar-refractivity contribution in [3.05, 3.63) is 29.3 Å². The van der Waals surface area contributed by atoms with E-state index in [1.807, 2.05) is 19.1 Å². The monoisotopic (exact) mass is 322 g/mol. The number of aliphatic hydroxyl groups excluding tert-OH is 1. The molecule has 0 bridgehead atoms. The van der Waals surface area contributed by atoms with Gasteiger partial charge in [-0.1, -0.05) is 12.1 Å². The Labute approximate surface area is 132 Å². The van der Waals surface area contributed by atoms with Crippen molar-refractivity contribution in [1.82, 2.24) is 5.32 Å². The van der Waals surface area contributed by atoms with Crippen molar-refractivity contribution in [3.63, 3.8) is 0 Å². The van der Waals surface area contributed by atoms with Crippen LogP contribution in [0.5, 0.6) is 5.75 Å². The molecule has 1 aromatic rings. The molecule has 0 spiro atoms. The zero-order chi connectivity index (χ0) is 13.1. The summed E-state index contributed by atoms with van der Waals surface area (Å²) in [5, 5.41) is 12.8. The smallest absolute Gasteiger partial charge is 0.177 e. The van der Waals surface area contributed by atoms with Gasteiger partial charge in [-0.15, -0.1) is 24.8 Å². The van der Waals surface area contributed by atoms with E-state index in [1.54, 1.807) is 6.92 Å². The van der Waals surface area contributed by atoms with Crippen molar-refractivity contribution >= 4 is 24.8 Å². The summed E-state index contributed by atoms with van der Waals surface area (Å²) in [4.78, 5) is 0. The number of aliphatic hydroxyl groups is 1. The molecule has 1 aromatic carbocycles. The molecule has 116 valence electrons. The van der Waals surface area contributed by atoms with Gasteiger partial charge in [0.25, 0.3) is 0 Å². The highest BCUT2D eigenvalue weighted by Gasteiger charge is 2.21. The van der Waals surface area contributed by atoms with Gasteiger partial charge in [-0.2, -0.15) is 0 Å². The second-order valence-corrected chi connectivity index (χ2v) is 4.98. The molecule has 3 atom stereocenters. The van der Waals surface area contributed by atoms with Gasteiger partial charge in [-0.05, 0) is 50.3 Å². The number of aryl methyl sites for hydroxylation is 1. The van der Waals surface area contributed by atoms with Crippen molar-refractivity contribution < 1.29 is 9.84 Å². The number of hydrogen-bond donors (Lipinski definition) is 3. The van der Waals surface area contributed by atoms with Gasteiger partial charge >= 0.3 is 0 Å². The molecule has 0 saturated carbocycles. The van der Waals surface area contributed by atoms with Gasteiger partial charge < -0.3 is 15.6 Å². The molecular formula is C14H24Cl2N2O2. The highest BCUT2D eigenvalue weighted by molar-refractivity contribution is 5.85. The zero-order valence-corrected chi connectivity index (χ0v) is 13.5. The third-order valence-corrected chi connectivity index (χ3v) is 3.22. The van der Waals surface area contributed by atoms with Gasteiger partial charge in [0.15, 0.2) is 6.23 Å². The van der Waals surface area contributed by atoms with Crippen molar-refractivity contribution in [1.29, 1.82) is 0 Å². The average Bonchev–Trinajstić information content (AvgIpc) is 2.76. The van der Waals surface area contributed by atoms with Crippen LogP contribution < -0.4 is 15.8 Å². The Morgan fingerprint density at radius 1 is 1.25 bits per heavy atom. The third-order valence-electron chi connectivity index (χ3n) is 3.22. The maximum Gasteiger partial charge on any atom is 0.177 e. The SMILES string of the molecule is CC(N)NC(Oc1cccc2c1CCC2)C(C)O.Cl.Cl. The molecule has 0 aliphatic heterocycles. The van der Waals surface area contributed by atoms with Crippen LogP contribution in [0.2, 0.25) is 0 Å². The van der Waals surface area contributed by atoms with Crippen molar-refractivity contribution in [2.24, 2.45) is 5.73 Å². The Balaban J connectivity index is 0.00000180. The van der Waals surface area contributed by atoms with Crippen molar-refractivity contribution in [3.8, 4) is 5.75 Å². The lowest BCUT2D eigenvalue weighted by Gasteiger charge is -2.26. The summed E-state index contributed by atoms with van der Waals surface area (Å²) in [6, 6.07) is 6.11. The fourth-order valence-electron chi connectivity index (χ4n) is 2.36. The molecule has 6 heteroatoms. The molecule has 0 aromatic heterocycles. The van der Waals surface area contributed by atoms with Gasteiger partial charge in [0, 0.05) is 0 Å². The van der Waals surface area contributed by atoms with E-state index in [1.165, 1.54) is 17.5 Å². The molecular weight excluding hydrogens is 299 g/mol. The molecule has 4 N–H and O–H groups in total. The molecule has 0 saturated heterocycles. The summed E-state index contributed by atoms with van der Waals surface area (Å²) < 4.78 is 5.89. The number of nitrogens with two attached hydrogens (primary N) is 1. The number of benzene rings is 1. The molecule has 3 unspecified atom stereocenters. The van der Waals surface area contributed by atoms with Crippen LogP contribution in [-0.2, 0) is 12.8 Å². The number of fused-ring (bicyclic) bond motifs is 1.